The zero-order valence-corrected chi connectivity index (χ0v) is 13.8. The highest BCUT2D eigenvalue weighted by molar-refractivity contribution is 7.22. The molecule has 0 fully saturated rings. The Kier molecular flexibility index (Phi) is 4.13. The molecule has 3 rings (SSSR count). The lowest BCUT2D eigenvalue weighted by Crippen LogP contribution is -2.24. The molecule has 0 aliphatic carbocycles. The molecule has 5 nitrogen and oxygen atoms in total. The van der Waals surface area contributed by atoms with Gasteiger partial charge in [-0.15, -0.1) is 0 Å². The maximum Gasteiger partial charge on any atom is 0.230 e. The first kappa shape index (κ1) is 15.0. The summed E-state index contributed by atoms with van der Waals surface area (Å²) in [7, 11) is 0. The van der Waals surface area contributed by atoms with E-state index in [4.69, 9.17) is 11.6 Å². The average molecular weight is 335 g/mol. The molecule has 0 spiro atoms. The summed E-state index contributed by atoms with van der Waals surface area (Å²) in [6.45, 7) is 4.36. The van der Waals surface area contributed by atoms with Gasteiger partial charge in [-0.05, 0) is 24.6 Å². The summed E-state index contributed by atoms with van der Waals surface area (Å²) in [6.07, 6.45) is 3.26. The average Bonchev–Trinajstić information content (AvgIpc) is 3.04. The van der Waals surface area contributed by atoms with Gasteiger partial charge in [0.1, 0.15) is 0 Å². The lowest BCUT2D eigenvalue weighted by molar-refractivity contribution is -0.119. The van der Waals surface area contributed by atoms with Crippen molar-refractivity contribution in [3.8, 4) is 0 Å². The fraction of sp³-hybridized carbons (Fsp3) is 0.267. The Bertz CT molecular complexity index is 826. The van der Waals surface area contributed by atoms with E-state index in [0.717, 1.165) is 10.2 Å². The van der Waals surface area contributed by atoms with Gasteiger partial charge in [-0.1, -0.05) is 35.9 Å². The van der Waals surface area contributed by atoms with E-state index in [9.17, 15) is 4.79 Å². The van der Waals surface area contributed by atoms with Crippen molar-refractivity contribution >= 4 is 44.2 Å². The van der Waals surface area contributed by atoms with Crippen LogP contribution in [0.2, 0.25) is 5.02 Å². The van der Waals surface area contributed by atoms with Crippen LogP contribution >= 0.6 is 22.9 Å². The molecule has 0 bridgehead atoms. The molecule has 1 N–H and O–H groups in total. The van der Waals surface area contributed by atoms with E-state index >= 15 is 0 Å². The van der Waals surface area contributed by atoms with Gasteiger partial charge in [0, 0.05) is 6.20 Å². The molecule has 22 heavy (non-hydrogen) atoms. The van der Waals surface area contributed by atoms with Crippen LogP contribution in [0.15, 0.2) is 30.6 Å². The number of nitrogens with one attached hydrogen (secondary N) is 1. The van der Waals surface area contributed by atoms with Crippen molar-refractivity contribution in [2.75, 3.05) is 5.32 Å². The zero-order chi connectivity index (χ0) is 15.7. The van der Waals surface area contributed by atoms with Gasteiger partial charge < -0.3 is 5.32 Å². The van der Waals surface area contributed by atoms with Crippen molar-refractivity contribution in [1.82, 2.24) is 14.8 Å². The van der Waals surface area contributed by atoms with E-state index in [1.165, 1.54) is 16.9 Å². The first-order valence-corrected chi connectivity index (χ1v) is 8.07. The summed E-state index contributed by atoms with van der Waals surface area (Å²) < 4.78 is 2.73. The van der Waals surface area contributed by atoms with Crippen molar-refractivity contribution in [3.05, 3.63) is 41.2 Å². The molecule has 7 heteroatoms. The lowest BCUT2D eigenvalue weighted by atomic mass is 10.1. The maximum absolute atomic E-state index is 12.2. The normalized spacial score (nSPS) is 12.5. The predicted molar refractivity (Wildman–Crippen MR) is 89.4 cm³/mol. The molecule has 0 radical (unpaired) electrons. The third kappa shape index (κ3) is 3.28. The summed E-state index contributed by atoms with van der Waals surface area (Å²) in [5.74, 6) is -0.313. The second kappa shape index (κ2) is 6.06. The van der Waals surface area contributed by atoms with Crippen LogP contribution in [0, 0.1) is 12.8 Å². The number of benzene rings is 1. The van der Waals surface area contributed by atoms with Crippen molar-refractivity contribution in [2.45, 2.75) is 20.4 Å². The molecule has 0 aliphatic heterocycles. The monoisotopic (exact) mass is 334 g/mol. The second-order valence-electron chi connectivity index (χ2n) is 5.26. The number of aromatic nitrogens is 3. The minimum absolute atomic E-state index is 0.0811. The molecule has 114 valence electrons. The van der Waals surface area contributed by atoms with Crippen LogP contribution in [-0.4, -0.2) is 20.7 Å². The number of fused-ring (bicyclic) bond motifs is 1. The van der Waals surface area contributed by atoms with Crippen LogP contribution in [0.5, 0.6) is 0 Å². The van der Waals surface area contributed by atoms with Crippen LogP contribution in [0.3, 0.4) is 0 Å². The van der Waals surface area contributed by atoms with E-state index < -0.39 is 0 Å². The first-order valence-electron chi connectivity index (χ1n) is 6.87. The summed E-state index contributed by atoms with van der Waals surface area (Å²) in [5.41, 5.74) is 2.08. The molecule has 0 saturated carbocycles. The van der Waals surface area contributed by atoms with Crippen LogP contribution < -0.4 is 5.32 Å². The summed E-state index contributed by atoms with van der Waals surface area (Å²) in [4.78, 5) is 16.7. The molecule has 0 aliphatic rings. The second-order valence-corrected chi connectivity index (χ2v) is 6.73. The molecular formula is C15H15ClN4OS. The summed E-state index contributed by atoms with van der Waals surface area (Å²) >= 11 is 7.30. The van der Waals surface area contributed by atoms with E-state index in [-0.39, 0.29) is 11.8 Å². The maximum atomic E-state index is 12.2. The van der Waals surface area contributed by atoms with Crippen LogP contribution in [0.1, 0.15) is 12.5 Å². The van der Waals surface area contributed by atoms with Gasteiger partial charge in [0.15, 0.2) is 5.13 Å². The zero-order valence-electron chi connectivity index (χ0n) is 12.2. The van der Waals surface area contributed by atoms with Gasteiger partial charge in [0.25, 0.3) is 0 Å². The lowest BCUT2D eigenvalue weighted by Gasteiger charge is -2.10. The Balaban J connectivity index is 1.69. The smallest absolute Gasteiger partial charge is 0.230 e. The van der Waals surface area contributed by atoms with Gasteiger partial charge in [-0.25, -0.2) is 4.98 Å². The highest BCUT2D eigenvalue weighted by atomic mass is 35.5. The van der Waals surface area contributed by atoms with E-state index in [1.54, 1.807) is 17.1 Å². The SMILES string of the molecule is Cc1ccc2nc(NC(=O)C(C)Cn3cc(Cl)cn3)sc2c1. The van der Waals surface area contributed by atoms with Gasteiger partial charge >= 0.3 is 0 Å². The molecule has 2 heterocycles. The molecule has 1 amide bonds. The number of carbonyl (C=O) groups excluding carboxylic acids is 1. The topological polar surface area (TPSA) is 59.8 Å². The van der Waals surface area contributed by atoms with Crippen molar-refractivity contribution in [1.29, 1.82) is 0 Å². The standard InChI is InChI=1S/C15H15ClN4OS/c1-9-3-4-12-13(5-9)22-15(18-12)19-14(21)10(2)7-20-8-11(16)6-17-20/h3-6,8,10H,7H2,1-2H3,(H,18,19,21). The minimum Gasteiger partial charge on any atom is -0.302 e. The minimum atomic E-state index is -0.232. The van der Waals surface area contributed by atoms with Gasteiger partial charge in [0.05, 0.1) is 33.9 Å². The number of amides is 1. The summed E-state index contributed by atoms with van der Waals surface area (Å²) in [6, 6.07) is 6.04. The van der Waals surface area contributed by atoms with Gasteiger partial charge in [-0.2, -0.15) is 5.10 Å². The van der Waals surface area contributed by atoms with Crippen LogP contribution in [0.25, 0.3) is 10.2 Å². The quantitative estimate of drug-likeness (QED) is 0.790. The van der Waals surface area contributed by atoms with Crippen LogP contribution in [0.4, 0.5) is 5.13 Å². The fourth-order valence-electron chi connectivity index (χ4n) is 2.12. The van der Waals surface area contributed by atoms with E-state index in [1.807, 2.05) is 26.0 Å². The first-order chi connectivity index (χ1) is 10.5. The van der Waals surface area contributed by atoms with Crippen molar-refractivity contribution in [2.24, 2.45) is 5.92 Å². The largest absolute Gasteiger partial charge is 0.302 e. The predicted octanol–water partition coefficient (Wildman–Crippen LogP) is 3.73. The number of rotatable bonds is 4. The number of aryl methyl sites for hydroxylation is 1. The number of halogens is 1. The molecule has 1 unspecified atom stereocenters. The Morgan fingerprint density at radius 1 is 1.50 bits per heavy atom. The molecule has 1 atom stereocenters. The molecule has 1 aromatic carbocycles. The van der Waals surface area contributed by atoms with Crippen molar-refractivity contribution < 1.29 is 4.79 Å². The number of nitrogens with zero attached hydrogens (tertiary/aromatic N) is 3. The number of hydrogen-bond donors (Lipinski definition) is 1. The van der Waals surface area contributed by atoms with E-state index in [2.05, 4.69) is 21.5 Å². The van der Waals surface area contributed by atoms with Crippen LogP contribution in [-0.2, 0) is 11.3 Å². The number of carbonyl (C=O) groups is 1. The molecular weight excluding hydrogens is 320 g/mol. The van der Waals surface area contributed by atoms with Gasteiger partial charge in [0.2, 0.25) is 5.91 Å². The van der Waals surface area contributed by atoms with Gasteiger partial charge in [-0.3, -0.25) is 9.48 Å². The number of thiazole rings is 1. The molecule has 3 aromatic rings. The number of hydrogen-bond acceptors (Lipinski definition) is 4. The Morgan fingerprint density at radius 2 is 2.32 bits per heavy atom. The Hall–Kier alpha value is -1.92. The third-order valence-corrected chi connectivity index (χ3v) is 4.41. The summed E-state index contributed by atoms with van der Waals surface area (Å²) in [5, 5.41) is 8.14. The third-order valence-electron chi connectivity index (χ3n) is 3.28. The Morgan fingerprint density at radius 3 is 3.05 bits per heavy atom. The number of anilines is 1. The highest BCUT2D eigenvalue weighted by Crippen LogP contribution is 2.27. The molecule has 2 aromatic heterocycles. The Labute approximate surface area is 136 Å². The van der Waals surface area contributed by atoms with Crippen molar-refractivity contribution in [3.63, 3.8) is 0 Å². The van der Waals surface area contributed by atoms with E-state index in [0.29, 0.717) is 16.7 Å². The fourth-order valence-corrected chi connectivity index (χ4v) is 3.24. The molecule has 0 saturated heterocycles. The highest BCUT2D eigenvalue weighted by Gasteiger charge is 2.16.